The molecule has 0 radical (unpaired) electrons. The van der Waals surface area contributed by atoms with Crippen molar-refractivity contribution in [1.29, 1.82) is 0 Å². The van der Waals surface area contributed by atoms with E-state index in [9.17, 15) is 4.79 Å². The second-order valence-corrected chi connectivity index (χ2v) is 5.16. The van der Waals surface area contributed by atoms with E-state index in [4.69, 9.17) is 4.74 Å². The smallest absolute Gasteiger partial charge is 0.265 e. The van der Waals surface area contributed by atoms with Gasteiger partial charge in [0.25, 0.3) is 5.91 Å². The zero-order chi connectivity index (χ0) is 13.0. The molecule has 1 aliphatic heterocycles. The number of thiol groups is 1. The third-order valence-electron chi connectivity index (χ3n) is 3.28. The molecule has 4 heteroatoms. The number of hydrogen-bond acceptors (Lipinski definition) is 3. The molecule has 1 heterocycles. The second-order valence-electron chi connectivity index (χ2n) is 4.71. The molecule has 1 aromatic carbocycles. The molecule has 0 bridgehead atoms. The Balaban J connectivity index is 2.05. The molecule has 1 aliphatic rings. The van der Waals surface area contributed by atoms with E-state index in [1.165, 1.54) is 0 Å². The van der Waals surface area contributed by atoms with Crippen molar-refractivity contribution in [2.75, 3.05) is 23.8 Å². The lowest BCUT2D eigenvalue weighted by atomic mass is 10.0. The van der Waals surface area contributed by atoms with E-state index in [1.54, 1.807) is 0 Å². The first-order valence-corrected chi connectivity index (χ1v) is 6.98. The first-order chi connectivity index (χ1) is 8.72. The summed E-state index contributed by atoms with van der Waals surface area (Å²) in [5.41, 5.74) is 0.895. The van der Waals surface area contributed by atoms with E-state index in [0.29, 0.717) is 5.92 Å². The fourth-order valence-corrected chi connectivity index (χ4v) is 2.55. The molecule has 2 rings (SSSR count). The predicted octanol–water partition coefficient (Wildman–Crippen LogP) is 2.76. The molecule has 0 saturated heterocycles. The summed E-state index contributed by atoms with van der Waals surface area (Å²) in [6.07, 6.45) is 2.09. The third-order valence-corrected chi connectivity index (χ3v) is 3.53. The fourth-order valence-electron chi connectivity index (χ4n) is 2.11. The molecule has 1 amide bonds. The van der Waals surface area contributed by atoms with Crippen LogP contribution in [0.3, 0.4) is 0 Å². The number of carbonyl (C=O) groups excluding carboxylic acids is 1. The molecule has 1 unspecified atom stereocenters. The summed E-state index contributed by atoms with van der Waals surface area (Å²) >= 11 is 4.24. The van der Waals surface area contributed by atoms with Crippen LogP contribution in [0.15, 0.2) is 24.3 Å². The van der Waals surface area contributed by atoms with Gasteiger partial charge in [0.05, 0.1) is 5.69 Å². The van der Waals surface area contributed by atoms with E-state index in [0.717, 1.165) is 36.6 Å². The number of carbonyl (C=O) groups is 1. The highest BCUT2D eigenvalue weighted by atomic mass is 32.1. The van der Waals surface area contributed by atoms with Crippen molar-refractivity contribution in [2.24, 2.45) is 5.92 Å². The number of benzene rings is 1. The summed E-state index contributed by atoms with van der Waals surface area (Å²) in [5, 5.41) is 0. The minimum atomic E-state index is 0.0479. The fraction of sp³-hybridized carbons (Fsp3) is 0.500. The Morgan fingerprint density at radius 2 is 2.17 bits per heavy atom. The summed E-state index contributed by atoms with van der Waals surface area (Å²) in [7, 11) is 0. The first-order valence-electron chi connectivity index (χ1n) is 6.35. The molecule has 0 saturated carbocycles. The molecule has 0 fully saturated rings. The Hall–Kier alpha value is -1.16. The van der Waals surface area contributed by atoms with E-state index in [1.807, 2.05) is 29.2 Å². The largest absolute Gasteiger partial charge is 0.482 e. The van der Waals surface area contributed by atoms with Gasteiger partial charge in [-0.15, -0.1) is 0 Å². The Morgan fingerprint density at radius 1 is 1.39 bits per heavy atom. The molecule has 98 valence electrons. The van der Waals surface area contributed by atoms with Crippen LogP contribution >= 0.6 is 12.6 Å². The molecule has 0 N–H and O–H groups in total. The highest BCUT2D eigenvalue weighted by Gasteiger charge is 2.24. The van der Waals surface area contributed by atoms with Crippen LogP contribution in [0.1, 0.15) is 19.8 Å². The lowest BCUT2D eigenvalue weighted by molar-refractivity contribution is -0.121. The average molecular weight is 265 g/mol. The summed E-state index contributed by atoms with van der Waals surface area (Å²) in [6, 6.07) is 7.71. The van der Waals surface area contributed by atoms with E-state index in [-0.39, 0.29) is 12.5 Å². The van der Waals surface area contributed by atoms with Crippen LogP contribution in [0.4, 0.5) is 5.69 Å². The standard InChI is InChI=1S/C14H19NO2S/c1-11(7-9-18)6-8-15-12-4-2-3-5-13(12)17-10-14(15)16/h2-5,11,18H,6-10H2,1H3. The lowest BCUT2D eigenvalue weighted by Gasteiger charge is -2.30. The van der Waals surface area contributed by atoms with Gasteiger partial charge >= 0.3 is 0 Å². The minimum Gasteiger partial charge on any atom is -0.482 e. The van der Waals surface area contributed by atoms with Gasteiger partial charge < -0.3 is 9.64 Å². The normalized spacial score (nSPS) is 16.1. The van der Waals surface area contributed by atoms with Gasteiger partial charge in [-0.3, -0.25) is 4.79 Å². The van der Waals surface area contributed by atoms with Crippen LogP contribution in [0.2, 0.25) is 0 Å². The number of rotatable bonds is 5. The van der Waals surface area contributed by atoms with E-state index < -0.39 is 0 Å². The van der Waals surface area contributed by atoms with Crippen LogP contribution in [0.25, 0.3) is 0 Å². The number of anilines is 1. The van der Waals surface area contributed by atoms with E-state index >= 15 is 0 Å². The highest BCUT2D eigenvalue weighted by molar-refractivity contribution is 7.80. The Bertz CT molecular complexity index is 422. The number of ether oxygens (including phenoxy) is 1. The topological polar surface area (TPSA) is 29.5 Å². The minimum absolute atomic E-state index is 0.0479. The molecule has 18 heavy (non-hydrogen) atoms. The Morgan fingerprint density at radius 3 is 2.94 bits per heavy atom. The number of hydrogen-bond donors (Lipinski definition) is 1. The van der Waals surface area contributed by atoms with E-state index in [2.05, 4.69) is 19.6 Å². The monoisotopic (exact) mass is 265 g/mol. The molecule has 0 aliphatic carbocycles. The SMILES string of the molecule is CC(CCS)CCN1C(=O)COc2ccccc21. The second kappa shape index (κ2) is 6.14. The summed E-state index contributed by atoms with van der Waals surface area (Å²) in [4.78, 5) is 13.8. The maximum atomic E-state index is 11.9. The quantitative estimate of drug-likeness (QED) is 0.830. The Labute approximate surface area is 114 Å². The average Bonchev–Trinajstić information content (AvgIpc) is 2.38. The van der Waals surface area contributed by atoms with Gasteiger partial charge in [0.2, 0.25) is 0 Å². The van der Waals surface area contributed by atoms with Crippen molar-refractivity contribution < 1.29 is 9.53 Å². The van der Waals surface area contributed by atoms with Crippen molar-refractivity contribution in [2.45, 2.75) is 19.8 Å². The van der Waals surface area contributed by atoms with Gasteiger partial charge in [-0.1, -0.05) is 19.1 Å². The van der Waals surface area contributed by atoms with Crippen LogP contribution in [-0.2, 0) is 4.79 Å². The third kappa shape index (κ3) is 2.99. The van der Waals surface area contributed by atoms with Crippen LogP contribution in [0.5, 0.6) is 5.75 Å². The highest BCUT2D eigenvalue weighted by Crippen LogP contribution is 2.31. The number of para-hydroxylation sites is 2. The van der Waals surface area contributed by atoms with Gasteiger partial charge in [-0.25, -0.2) is 0 Å². The van der Waals surface area contributed by atoms with Gasteiger partial charge in [0, 0.05) is 6.54 Å². The Kier molecular flexibility index (Phi) is 4.53. The molecule has 0 aromatic heterocycles. The summed E-state index contributed by atoms with van der Waals surface area (Å²) in [5.74, 6) is 2.34. The molecule has 3 nitrogen and oxygen atoms in total. The molecular weight excluding hydrogens is 246 g/mol. The maximum Gasteiger partial charge on any atom is 0.265 e. The zero-order valence-corrected chi connectivity index (χ0v) is 11.5. The van der Waals surface area contributed by atoms with Crippen molar-refractivity contribution in [3.05, 3.63) is 24.3 Å². The zero-order valence-electron chi connectivity index (χ0n) is 10.6. The van der Waals surface area contributed by atoms with Gasteiger partial charge in [0.15, 0.2) is 6.61 Å². The number of nitrogens with zero attached hydrogens (tertiary/aromatic N) is 1. The summed E-state index contributed by atoms with van der Waals surface area (Å²) in [6.45, 7) is 3.11. The van der Waals surface area contributed by atoms with Crippen LogP contribution < -0.4 is 9.64 Å². The van der Waals surface area contributed by atoms with Crippen molar-refractivity contribution in [3.8, 4) is 5.75 Å². The molecule has 1 aromatic rings. The van der Waals surface area contributed by atoms with Crippen molar-refractivity contribution in [3.63, 3.8) is 0 Å². The number of amides is 1. The van der Waals surface area contributed by atoms with Crippen LogP contribution in [-0.4, -0.2) is 24.8 Å². The van der Waals surface area contributed by atoms with Crippen molar-refractivity contribution >= 4 is 24.2 Å². The van der Waals surface area contributed by atoms with Crippen LogP contribution in [0, 0.1) is 5.92 Å². The van der Waals surface area contributed by atoms with Gasteiger partial charge in [-0.2, -0.15) is 12.6 Å². The summed E-state index contributed by atoms with van der Waals surface area (Å²) < 4.78 is 5.42. The number of fused-ring (bicyclic) bond motifs is 1. The lowest BCUT2D eigenvalue weighted by Crippen LogP contribution is -2.39. The first kappa shape index (κ1) is 13.3. The van der Waals surface area contributed by atoms with Crippen molar-refractivity contribution in [1.82, 2.24) is 0 Å². The molecule has 1 atom stereocenters. The molecular formula is C14H19NO2S. The van der Waals surface area contributed by atoms with Gasteiger partial charge in [-0.05, 0) is 36.6 Å². The predicted molar refractivity (Wildman–Crippen MR) is 76.5 cm³/mol. The molecule has 0 spiro atoms. The maximum absolute atomic E-state index is 11.9. The van der Waals surface area contributed by atoms with Gasteiger partial charge in [0.1, 0.15) is 5.75 Å².